The third kappa shape index (κ3) is 16.1. The maximum absolute atomic E-state index is 5.78. The van der Waals surface area contributed by atoms with Crippen molar-refractivity contribution in [2.24, 2.45) is 11.8 Å². The Hall–Kier alpha value is 1.21. The van der Waals surface area contributed by atoms with Crippen LogP contribution in [0.1, 0.15) is 91.9 Å². The van der Waals surface area contributed by atoms with Crippen molar-refractivity contribution in [1.29, 1.82) is 0 Å². The van der Waals surface area contributed by atoms with Crippen molar-refractivity contribution >= 4 is 31.1 Å². The summed E-state index contributed by atoms with van der Waals surface area (Å²) in [5, 5.41) is 0. The SMILES string of the molecule is CCCCCCCCOCCCC(C)CC(C)C[CH](C)[Mg][Br]. The van der Waals surface area contributed by atoms with Crippen LogP contribution in [0.15, 0.2) is 0 Å². The number of unbranched alkanes of at least 4 members (excludes halogenated alkanes) is 5. The van der Waals surface area contributed by atoms with Crippen LogP contribution in [-0.2, 0) is 4.74 Å². The van der Waals surface area contributed by atoms with Gasteiger partial charge in [0.1, 0.15) is 0 Å². The van der Waals surface area contributed by atoms with Crippen LogP contribution in [-0.4, -0.2) is 31.4 Å². The lowest BCUT2D eigenvalue weighted by Crippen LogP contribution is -2.08. The largest absolute Gasteiger partial charge is 0.471 e. The van der Waals surface area contributed by atoms with E-state index in [0.29, 0.717) is 0 Å². The Bertz CT molecular complexity index is 225. The van der Waals surface area contributed by atoms with Crippen LogP contribution in [0.4, 0.5) is 0 Å². The number of hydrogen-bond donors (Lipinski definition) is 0. The molecule has 0 saturated heterocycles. The summed E-state index contributed by atoms with van der Waals surface area (Å²) >= 11 is 3.74. The second-order valence-corrected chi connectivity index (χ2v) is 11.1. The molecule has 0 rings (SSSR count). The Balaban J connectivity index is 3.32. The van der Waals surface area contributed by atoms with Gasteiger partial charge < -0.3 is 17.6 Å². The Morgan fingerprint density at radius 2 is 1.45 bits per heavy atom. The molecule has 130 valence electrons. The Morgan fingerprint density at radius 3 is 2.14 bits per heavy atom. The number of ether oxygens (including phenoxy) is 1. The van der Waals surface area contributed by atoms with Crippen LogP contribution in [0.25, 0.3) is 0 Å². The van der Waals surface area contributed by atoms with Gasteiger partial charge in [-0.25, -0.2) is 0 Å². The van der Waals surface area contributed by atoms with Crippen LogP contribution in [0.2, 0.25) is 4.05 Å². The Kier molecular flexibility index (Phi) is 18.0. The minimum Gasteiger partial charge on any atom is -0.381 e. The topological polar surface area (TPSA) is 9.23 Å². The van der Waals surface area contributed by atoms with E-state index in [9.17, 15) is 0 Å². The fraction of sp³-hybridized carbons (Fsp3) is 1.00. The number of hydrogen-bond acceptors (Lipinski definition) is 1. The first-order chi connectivity index (χ1) is 10.6. The van der Waals surface area contributed by atoms with Crippen LogP contribution in [0, 0.1) is 11.8 Å². The molecule has 0 spiro atoms. The van der Waals surface area contributed by atoms with E-state index in [1.165, 1.54) is 64.2 Å². The average Bonchev–Trinajstić information content (AvgIpc) is 2.48. The summed E-state index contributed by atoms with van der Waals surface area (Å²) in [7, 11) is 0. The fourth-order valence-corrected chi connectivity index (χ4v) is 4.76. The predicted molar refractivity (Wildman–Crippen MR) is 105 cm³/mol. The van der Waals surface area contributed by atoms with E-state index >= 15 is 0 Å². The van der Waals surface area contributed by atoms with Gasteiger partial charge in [-0.05, 0) is 37.5 Å². The molecule has 0 N–H and O–H groups in total. The first kappa shape index (κ1) is 23.2. The monoisotopic (exact) mass is 386 g/mol. The molecule has 0 aliphatic heterocycles. The van der Waals surface area contributed by atoms with Gasteiger partial charge in [-0.1, -0.05) is 66.2 Å². The summed E-state index contributed by atoms with van der Waals surface area (Å²) in [5.41, 5.74) is 0. The van der Waals surface area contributed by atoms with Crippen molar-refractivity contribution < 1.29 is 4.74 Å². The highest BCUT2D eigenvalue weighted by Gasteiger charge is 2.13. The summed E-state index contributed by atoms with van der Waals surface area (Å²) in [6.07, 6.45) is 13.5. The Morgan fingerprint density at radius 1 is 0.818 bits per heavy atom. The molecule has 1 nitrogen and oxygen atoms in total. The normalized spacial score (nSPS) is 15.3. The third-order valence-corrected chi connectivity index (χ3v) is 8.68. The summed E-state index contributed by atoms with van der Waals surface area (Å²) in [5.74, 6) is 1.75. The molecular weight excluding hydrogens is 348 g/mol. The number of rotatable bonds is 16. The zero-order valence-corrected chi connectivity index (χ0v) is 18.7. The fourth-order valence-electron chi connectivity index (χ4n) is 3.27. The van der Waals surface area contributed by atoms with E-state index in [1.54, 1.807) is 0 Å². The van der Waals surface area contributed by atoms with Crippen LogP contribution >= 0.6 is 12.9 Å². The van der Waals surface area contributed by atoms with Crippen molar-refractivity contribution in [3.8, 4) is 0 Å². The van der Waals surface area contributed by atoms with Gasteiger partial charge in [0.25, 0.3) is 0 Å². The van der Waals surface area contributed by atoms with Gasteiger partial charge in [0.05, 0.1) is 0 Å². The molecule has 0 fully saturated rings. The first-order valence-corrected chi connectivity index (χ1v) is 14.4. The van der Waals surface area contributed by atoms with Gasteiger partial charge in [0, 0.05) is 13.2 Å². The molecule has 3 unspecified atom stereocenters. The lowest BCUT2D eigenvalue weighted by atomic mass is 9.91. The molecule has 0 amide bonds. The number of halogens is 1. The quantitative estimate of drug-likeness (QED) is 0.204. The maximum Gasteiger partial charge on any atom is 0.471 e. The molecule has 0 aliphatic carbocycles. The van der Waals surface area contributed by atoms with Crippen molar-refractivity contribution in [2.45, 2.75) is 96.0 Å². The standard InChI is InChI=1S/C19H39O.BrH.Mg/c1-5-7-8-9-10-11-15-20-16-12-14-19(4)17-18(3)13-6-2;;/h6,18-19H,5,7-17H2,1-4H3;1H;/q;;+1/p-1. The average molecular weight is 388 g/mol. The highest BCUT2D eigenvalue weighted by atomic mass is 79.9. The van der Waals surface area contributed by atoms with E-state index in [2.05, 4.69) is 40.6 Å². The van der Waals surface area contributed by atoms with Gasteiger partial charge in [-0.2, -0.15) is 0 Å². The smallest absolute Gasteiger partial charge is 0.381 e. The zero-order valence-electron chi connectivity index (χ0n) is 15.7. The summed E-state index contributed by atoms with van der Waals surface area (Å²) in [6.45, 7) is 11.5. The van der Waals surface area contributed by atoms with E-state index in [4.69, 9.17) is 4.74 Å². The van der Waals surface area contributed by atoms with E-state index in [1.807, 2.05) is 0 Å². The van der Waals surface area contributed by atoms with Crippen molar-refractivity contribution in [3.63, 3.8) is 0 Å². The summed E-state index contributed by atoms with van der Waals surface area (Å²) in [6, 6.07) is 0. The molecule has 22 heavy (non-hydrogen) atoms. The molecule has 0 bridgehead atoms. The van der Waals surface area contributed by atoms with Crippen molar-refractivity contribution in [2.75, 3.05) is 13.2 Å². The molecule has 3 heteroatoms. The van der Waals surface area contributed by atoms with Gasteiger partial charge >= 0.3 is 18.2 Å². The van der Waals surface area contributed by atoms with Crippen LogP contribution in [0.5, 0.6) is 0 Å². The van der Waals surface area contributed by atoms with Crippen molar-refractivity contribution in [3.05, 3.63) is 0 Å². The van der Waals surface area contributed by atoms with E-state index in [-0.39, 0.29) is 18.2 Å². The molecule has 3 atom stereocenters. The van der Waals surface area contributed by atoms with Gasteiger partial charge in [0.15, 0.2) is 0 Å². The summed E-state index contributed by atoms with van der Waals surface area (Å²) < 4.78 is 6.72. The highest BCUT2D eigenvalue weighted by Crippen LogP contribution is 2.25. The zero-order chi connectivity index (χ0) is 16.6. The van der Waals surface area contributed by atoms with Crippen LogP contribution < -0.4 is 0 Å². The van der Waals surface area contributed by atoms with Gasteiger partial charge in [-0.3, -0.25) is 0 Å². The van der Waals surface area contributed by atoms with Gasteiger partial charge in [0.2, 0.25) is 0 Å². The molecule has 0 aromatic heterocycles. The third-order valence-electron chi connectivity index (χ3n) is 4.50. The van der Waals surface area contributed by atoms with E-state index < -0.39 is 0 Å². The minimum absolute atomic E-state index is 0.0189. The van der Waals surface area contributed by atoms with Gasteiger partial charge in [-0.15, -0.1) is 4.05 Å². The molecule has 0 radical (unpaired) electrons. The summed E-state index contributed by atoms with van der Waals surface area (Å²) in [4.78, 5) is 0. The predicted octanol–water partition coefficient (Wildman–Crippen LogP) is 7.02. The lowest BCUT2D eigenvalue weighted by Gasteiger charge is -2.19. The highest BCUT2D eigenvalue weighted by molar-refractivity contribution is 9.23. The molecule has 0 saturated carbocycles. The first-order valence-electron chi connectivity index (χ1n) is 9.73. The second kappa shape index (κ2) is 17.0. The molecule has 0 heterocycles. The second-order valence-electron chi connectivity index (χ2n) is 7.46. The van der Waals surface area contributed by atoms with Crippen LogP contribution in [0.3, 0.4) is 0 Å². The molecule has 0 aliphatic rings. The maximum atomic E-state index is 5.78. The van der Waals surface area contributed by atoms with E-state index in [0.717, 1.165) is 29.1 Å². The lowest BCUT2D eigenvalue weighted by molar-refractivity contribution is 0.122. The Labute approximate surface area is 156 Å². The van der Waals surface area contributed by atoms with Crippen molar-refractivity contribution in [1.82, 2.24) is 0 Å². The molecular formula is C19H39BrMgO. The molecule has 0 aromatic carbocycles. The molecule has 0 aromatic rings. The minimum atomic E-state index is 0.0189.